The van der Waals surface area contributed by atoms with Gasteiger partial charge in [-0.15, -0.1) is 11.8 Å². The van der Waals surface area contributed by atoms with Crippen molar-refractivity contribution in [1.82, 2.24) is 5.32 Å². The summed E-state index contributed by atoms with van der Waals surface area (Å²) < 4.78 is 5.09. The molecule has 1 saturated heterocycles. The Morgan fingerprint density at radius 3 is 2.75 bits per heavy atom. The van der Waals surface area contributed by atoms with Crippen molar-refractivity contribution in [2.45, 2.75) is 23.8 Å². The molecule has 0 aliphatic carbocycles. The molecule has 86 valence electrons. The van der Waals surface area contributed by atoms with Crippen LogP contribution in [0.15, 0.2) is 29.2 Å². The lowest BCUT2D eigenvalue weighted by Gasteiger charge is -2.09. The summed E-state index contributed by atoms with van der Waals surface area (Å²) in [6, 6.07) is 8.32. The molecule has 1 aromatic rings. The van der Waals surface area contributed by atoms with Crippen LogP contribution in [0.25, 0.3) is 0 Å². The molecular formula is C12H15NO2S. The topological polar surface area (TPSA) is 38.3 Å². The fourth-order valence-electron chi connectivity index (χ4n) is 1.67. The van der Waals surface area contributed by atoms with Gasteiger partial charge in [0.15, 0.2) is 0 Å². The summed E-state index contributed by atoms with van der Waals surface area (Å²) in [7, 11) is 1.66. The van der Waals surface area contributed by atoms with E-state index < -0.39 is 0 Å². The third kappa shape index (κ3) is 2.92. The second kappa shape index (κ2) is 5.25. The lowest BCUT2D eigenvalue weighted by Crippen LogP contribution is -2.27. The predicted octanol–water partition coefficient (Wildman–Crippen LogP) is 2.07. The molecule has 1 amide bonds. The predicted molar refractivity (Wildman–Crippen MR) is 64.9 cm³/mol. The molecule has 0 saturated carbocycles. The van der Waals surface area contributed by atoms with Crippen LogP contribution < -0.4 is 10.1 Å². The molecule has 3 nitrogen and oxygen atoms in total. The van der Waals surface area contributed by atoms with Gasteiger partial charge in [-0.1, -0.05) is 0 Å². The van der Waals surface area contributed by atoms with E-state index in [1.54, 1.807) is 18.9 Å². The summed E-state index contributed by atoms with van der Waals surface area (Å²) in [6.45, 7) is 0. The van der Waals surface area contributed by atoms with E-state index in [2.05, 4.69) is 5.32 Å². The minimum absolute atomic E-state index is 0.181. The highest BCUT2D eigenvalue weighted by atomic mass is 32.2. The Bertz CT molecular complexity index is 364. The standard InChI is InChI=1S/C12H15NO2S/c1-15-10-3-5-11(6-4-10)16-8-9-2-7-12(14)13-9/h3-6,9H,2,7-8H2,1H3,(H,13,14)/t9-/m0/s1. The summed E-state index contributed by atoms with van der Waals surface area (Å²) in [5.74, 6) is 2.00. The van der Waals surface area contributed by atoms with Crippen molar-refractivity contribution in [3.8, 4) is 5.75 Å². The SMILES string of the molecule is COc1ccc(SC[C@@H]2CCC(=O)N2)cc1. The number of carbonyl (C=O) groups is 1. The van der Waals surface area contributed by atoms with Gasteiger partial charge in [0.05, 0.1) is 7.11 Å². The molecule has 1 fully saturated rings. The average molecular weight is 237 g/mol. The highest BCUT2D eigenvalue weighted by molar-refractivity contribution is 7.99. The molecule has 0 bridgehead atoms. The van der Waals surface area contributed by atoms with Crippen molar-refractivity contribution in [2.24, 2.45) is 0 Å². The summed E-state index contributed by atoms with van der Waals surface area (Å²) in [5, 5.41) is 2.96. The van der Waals surface area contributed by atoms with Crippen molar-refractivity contribution in [2.75, 3.05) is 12.9 Å². The van der Waals surface area contributed by atoms with Gasteiger partial charge < -0.3 is 10.1 Å². The highest BCUT2D eigenvalue weighted by Crippen LogP contribution is 2.23. The Morgan fingerprint density at radius 2 is 2.19 bits per heavy atom. The van der Waals surface area contributed by atoms with E-state index in [1.165, 1.54) is 4.90 Å². The van der Waals surface area contributed by atoms with Crippen LogP contribution in [0.2, 0.25) is 0 Å². The Morgan fingerprint density at radius 1 is 1.44 bits per heavy atom. The number of benzene rings is 1. The van der Waals surface area contributed by atoms with Crippen molar-refractivity contribution in [3.05, 3.63) is 24.3 Å². The first kappa shape index (κ1) is 11.3. The largest absolute Gasteiger partial charge is 0.497 e. The zero-order valence-electron chi connectivity index (χ0n) is 9.23. The van der Waals surface area contributed by atoms with Crippen molar-refractivity contribution >= 4 is 17.7 Å². The third-order valence-corrected chi connectivity index (χ3v) is 3.77. The third-order valence-electron chi connectivity index (χ3n) is 2.60. The first-order valence-electron chi connectivity index (χ1n) is 5.34. The lowest BCUT2D eigenvalue weighted by atomic mass is 10.2. The number of thioether (sulfide) groups is 1. The van der Waals surface area contributed by atoms with Gasteiger partial charge in [0.2, 0.25) is 5.91 Å². The number of rotatable bonds is 4. The van der Waals surface area contributed by atoms with Crippen LogP contribution in [-0.2, 0) is 4.79 Å². The molecule has 4 heteroatoms. The smallest absolute Gasteiger partial charge is 0.220 e. The van der Waals surface area contributed by atoms with Gasteiger partial charge in [-0.25, -0.2) is 0 Å². The maximum absolute atomic E-state index is 11.0. The number of hydrogen-bond donors (Lipinski definition) is 1. The normalized spacial score (nSPS) is 19.6. The van der Waals surface area contributed by atoms with Crippen molar-refractivity contribution in [3.63, 3.8) is 0 Å². The van der Waals surface area contributed by atoms with E-state index in [4.69, 9.17) is 4.74 Å². The fourth-order valence-corrected chi connectivity index (χ4v) is 2.64. The monoisotopic (exact) mass is 237 g/mol. The number of ether oxygens (including phenoxy) is 1. The second-order valence-electron chi connectivity index (χ2n) is 3.79. The fraction of sp³-hybridized carbons (Fsp3) is 0.417. The summed E-state index contributed by atoms with van der Waals surface area (Å²) in [5.41, 5.74) is 0. The zero-order chi connectivity index (χ0) is 11.4. The molecule has 0 aromatic heterocycles. The Kier molecular flexibility index (Phi) is 3.72. The van der Waals surface area contributed by atoms with Gasteiger partial charge in [0.1, 0.15) is 5.75 Å². The van der Waals surface area contributed by atoms with Crippen molar-refractivity contribution in [1.29, 1.82) is 0 Å². The maximum Gasteiger partial charge on any atom is 0.220 e. The van der Waals surface area contributed by atoms with Crippen LogP contribution in [-0.4, -0.2) is 24.8 Å². The molecule has 1 aliphatic heterocycles. The number of carbonyl (C=O) groups excluding carboxylic acids is 1. The molecule has 16 heavy (non-hydrogen) atoms. The molecule has 1 aromatic carbocycles. The summed E-state index contributed by atoms with van der Waals surface area (Å²) in [6.07, 6.45) is 1.63. The minimum atomic E-state index is 0.181. The lowest BCUT2D eigenvalue weighted by molar-refractivity contribution is -0.119. The van der Waals surface area contributed by atoms with Gasteiger partial charge in [-0.2, -0.15) is 0 Å². The van der Waals surface area contributed by atoms with Gasteiger partial charge >= 0.3 is 0 Å². The van der Waals surface area contributed by atoms with Gasteiger partial charge in [-0.05, 0) is 30.7 Å². The van der Waals surface area contributed by atoms with Crippen LogP contribution in [0, 0.1) is 0 Å². The molecule has 1 N–H and O–H groups in total. The molecule has 0 unspecified atom stereocenters. The Hall–Kier alpha value is -1.16. The van der Waals surface area contributed by atoms with Crippen LogP contribution in [0.1, 0.15) is 12.8 Å². The number of amides is 1. The Balaban J connectivity index is 1.82. The van der Waals surface area contributed by atoms with Crippen LogP contribution in [0.3, 0.4) is 0 Å². The second-order valence-corrected chi connectivity index (χ2v) is 4.88. The quantitative estimate of drug-likeness (QED) is 0.815. The first-order chi connectivity index (χ1) is 7.78. The molecule has 1 aliphatic rings. The summed E-state index contributed by atoms with van der Waals surface area (Å²) in [4.78, 5) is 12.2. The molecule has 1 atom stereocenters. The highest BCUT2D eigenvalue weighted by Gasteiger charge is 2.20. The molecule has 0 spiro atoms. The van der Waals surface area contributed by atoms with E-state index in [1.807, 2.05) is 24.3 Å². The van der Waals surface area contributed by atoms with Gasteiger partial charge in [-0.3, -0.25) is 4.79 Å². The molecule has 1 heterocycles. The number of methoxy groups -OCH3 is 1. The van der Waals surface area contributed by atoms with Crippen molar-refractivity contribution < 1.29 is 9.53 Å². The van der Waals surface area contributed by atoms with Crippen LogP contribution in [0.4, 0.5) is 0 Å². The van der Waals surface area contributed by atoms with Gasteiger partial charge in [0, 0.05) is 23.1 Å². The summed E-state index contributed by atoms with van der Waals surface area (Å²) >= 11 is 1.77. The van der Waals surface area contributed by atoms with Crippen LogP contribution >= 0.6 is 11.8 Å². The molecule has 2 rings (SSSR count). The first-order valence-corrected chi connectivity index (χ1v) is 6.32. The van der Waals surface area contributed by atoms with E-state index in [-0.39, 0.29) is 5.91 Å². The van der Waals surface area contributed by atoms with E-state index in [0.717, 1.165) is 17.9 Å². The minimum Gasteiger partial charge on any atom is -0.497 e. The molecule has 0 radical (unpaired) electrons. The Labute approximate surface area is 99.6 Å². The zero-order valence-corrected chi connectivity index (χ0v) is 10.0. The maximum atomic E-state index is 11.0. The molecular weight excluding hydrogens is 222 g/mol. The van der Waals surface area contributed by atoms with E-state index in [0.29, 0.717) is 12.5 Å². The van der Waals surface area contributed by atoms with E-state index >= 15 is 0 Å². The average Bonchev–Trinajstić information content (AvgIpc) is 2.73. The van der Waals surface area contributed by atoms with E-state index in [9.17, 15) is 4.79 Å². The number of nitrogens with one attached hydrogen (secondary N) is 1. The van der Waals surface area contributed by atoms with Gasteiger partial charge in [0.25, 0.3) is 0 Å². The number of hydrogen-bond acceptors (Lipinski definition) is 3. The van der Waals surface area contributed by atoms with Crippen LogP contribution in [0.5, 0.6) is 5.75 Å².